The van der Waals surface area contributed by atoms with E-state index in [-0.39, 0.29) is 94.0 Å². The van der Waals surface area contributed by atoms with E-state index in [1.165, 1.54) is 54.0 Å². The fourth-order valence-corrected chi connectivity index (χ4v) is 14.6. The van der Waals surface area contributed by atoms with Crippen molar-refractivity contribution in [3.8, 4) is 12.1 Å². The molecule has 37 heteroatoms. The third kappa shape index (κ3) is 19.7. The summed E-state index contributed by atoms with van der Waals surface area (Å²) in [5.74, 6) is -1.21. The molecule has 3 aliphatic heterocycles. The largest absolute Gasteiger partial charge is 0.394 e. The Kier molecular flexibility index (Phi) is 28.7. The summed E-state index contributed by atoms with van der Waals surface area (Å²) in [6.07, 6.45) is -12.3. The van der Waals surface area contributed by atoms with Crippen molar-refractivity contribution in [3.05, 3.63) is 149 Å². The molecule has 6 heterocycles. The first kappa shape index (κ1) is 76.2. The van der Waals surface area contributed by atoms with Gasteiger partial charge in [0.1, 0.15) is 66.6 Å². The number of hydrogen-bond donors (Lipinski definition) is 4. The van der Waals surface area contributed by atoms with Gasteiger partial charge in [-0.1, -0.05) is 36.4 Å². The summed E-state index contributed by atoms with van der Waals surface area (Å²) in [7, 11) is 5.69. The molecule has 0 saturated carbocycles. The molecule has 3 aromatic heterocycles. The van der Waals surface area contributed by atoms with Crippen molar-refractivity contribution in [1.29, 1.82) is 10.5 Å². The zero-order valence-corrected chi connectivity index (χ0v) is 57.3. The predicted molar refractivity (Wildman–Crippen MR) is 348 cm³/mol. The summed E-state index contributed by atoms with van der Waals surface area (Å²) in [6.45, 7) is -6.88. The maximum atomic E-state index is 14.5. The predicted octanol–water partition coefficient (Wildman–Crippen LogP) is 3.39. The second kappa shape index (κ2) is 36.5. The zero-order chi connectivity index (χ0) is 69.8. The summed E-state index contributed by atoms with van der Waals surface area (Å²) in [5.41, 5.74) is -1.91. The monoisotopic (exact) mass is 1430 g/mol. The van der Waals surface area contributed by atoms with Crippen molar-refractivity contribution in [2.45, 2.75) is 107 Å². The highest BCUT2D eigenvalue weighted by Gasteiger charge is 2.54. The number of nitrogens with one attached hydrogen (secondary N) is 3. The standard InChI is InChI=1S/C60H76N10O23P2S2/c1-36-30-68(58(75)65-50(36)63-53(73)39-16-10-8-11-17-39)56-48(83-28-25-79-5)45(41(33-71)89-56)92-94(96,85-22-14-20-61)88-35-43-46(49(84-29-26-80-6)57(91-43)69-31-37(2)51(66-59(69)76)64-54(74)40-18-12-9-13-19-40)93-95(97,86-23-15-21-62)87-34-42-44(81-7)47(82-27-24-78-4)55(90-42)70-32-38(3)52(72)67-60(70)77/h8-13,16-19,30-32,41-49,55-57,71H,14-15,22-29,33-35H2,1-7H3,(H,67,72,77)(H,63,65,73,75)(H,64,66,74,76)/t41-,42-,43-,44+,45+,46+,47?,48?,49?,55-,56-,57-,94?,95?/m1/s1. The molecule has 3 saturated heterocycles. The van der Waals surface area contributed by atoms with Crippen LogP contribution in [0.3, 0.4) is 0 Å². The number of aliphatic hydroxyl groups excluding tert-OH is 1. The molecule has 8 rings (SSSR count). The number of rotatable bonds is 37. The number of aliphatic hydroxyl groups is 1. The Balaban J connectivity index is 1.17. The van der Waals surface area contributed by atoms with Crippen LogP contribution in [0.5, 0.6) is 0 Å². The third-order valence-electron chi connectivity index (χ3n) is 15.1. The lowest BCUT2D eigenvalue weighted by molar-refractivity contribution is -0.0852. The Morgan fingerprint density at radius 3 is 1.36 bits per heavy atom. The van der Waals surface area contributed by atoms with Crippen LogP contribution in [0.4, 0.5) is 11.6 Å². The second-order valence-electron chi connectivity index (χ2n) is 21.7. The number of ether oxygens (including phenoxy) is 10. The molecule has 3 aliphatic rings. The van der Waals surface area contributed by atoms with Crippen molar-refractivity contribution in [2.24, 2.45) is 0 Å². The SMILES string of the molecule is COCCOC1[C@@H](OP(=S)(OCCC#N)OC[C@H]2O[C@@H](n3cc(C)c(NC(=O)c4ccccc4)nc3=O)C(OCCOC)[C@H]2OP(=S)(OCCC#N)OC[C@H]2O[C@@H](n3cc(C)c(=O)[nH]c3=O)C(OCCOC)[C@H]2OC)[C@@H](CO)O[C@H]1n1cc(C)c(NC(=O)c2ccccc2)nc1=O. The molecule has 5 aromatic rings. The molecule has 14 atom stereocenters. The van der Waals surface area contributed by atoms with Gasteiger partial charge in [-0.3, -0.25) is 42.1 Å². The number of anilines is 2. The molecule has 97 heavy (non-hydrogen) atoms. The highest BCUT2D eigenvalue weighted by molar-refractivity contribution is 8.07. The molecule has 0 spiro atoms. The lowest BCUT2D eigenvalue weighted by Crippen LogP contribution is -2.42. The number of carbonyl (C=O) groups is 2. The summed E-state index contributed by atoms with van der Waals surface area (Å²) >= 11 is 12.4. The number of H-pyrrole nitrogens is 1. The van der Waals surface area contributed by atoms with Gasteiger partial charge in [-0.25, -0.2) is 14.4 Å². The van der Waals surface area contributed by atoms with Crippen molar-refractivity contribution in [2.75, 3.05) is 112 Å². The molecule has 2 aromatic carbocycles. The van der Waals surface area contributed by atoms with Crippen LogP contribution in [0.2, 0.25) is 0 Å². The molecule has 5 unspecified atom stereocenters. The zero-order valence-electron chi connectivity index (χ0n) is 53.9. The number of amides is 2. The van der Waals surface area contributed by atoms with E-state index in [9.17, 15) is 44.4 Å². The highest BCUT2D eigenvalue weighted by atomic mass is 32.5. The molecule has 0 aliphatic carbocycles. The molecular weight excluding hydrogens is 1350 g/mol. The number of carbonyl (C=O) groups excluding carboxylic acids is 2. The number of methoxy groups -OCH3 is 4. The maximum absolute atomic E-state index is 14.5. The normalized spacial score (nSPS) is 24.3. The molecule has 2 amide bonds. The Hall–Kier alpha value is -6.58. The number of aryl methyl sites for hydroxylation is 3. The van der Waals surface area contributed by atoms with Gasteiger partial charge in [-0.2, -0.15) is 20.5 Å². The summed E-state index contributed by atoms with van der Waals surface area (Å²) in [6, 6.07) is 20.5. The number of aromatic nitrogens is 6. The molecule has 526 valence electrons. The average molecular weight is 1430 g/mol. The van der Waals surface area contributed by atoms with Gasteiger partial charge in [0.2, 0.25) is 0 Å². The highest BCUT2D eigenvalue weighted by Crippen LogP contribution is 2.57. The molecule has 33 nitrogen and oxygen atoms in total. The van der Waals surface area contributed by atoms with Crippen LogP contribution < -0.4 is 33.3 Å². The van der Waals surface area contributed by atoms with Crippen LogP contribution in [0.15, 0.2) is 98.4 Å². The van der Waals surface area contributed by atoms with Gasteiger partial charge in [-0.15, -0.1) is 0 Å². The summed E-state index contributed by atoms with van der Waals surface area (Å²) < 4.78 is 103. The smallest absolute Gasteiger partial charge is 0.351 e. The lowest BCUT2D eigenvalue weighted by atomic mass is 10.1. The molecule has 4 N–H and O–H groups in total. The average Bonchev–Trinajstić information content (AvgIpc) is 1.89. The van der Waals surface area contributed by atoms with E-state index in [2.05, 4.69) is 25.6 Å². The summed E-state index contributed by atoms with van der Waals surface area (Å²) in [5, 5.41) is 35.9. The van der Waals surface area contributed by atoms with Crippen LogP contribution in [0.1, 0.15) is 68.9 Å². The maximum Gasteiger partial charge on any atom is 0.351 e. The Morgan fingerprint density at radius 2 is 0.948 bits per heavy atom. The van der Waals surface area contributed by atoms with E-state index in [0.29, 0.717) is 11.1 Å². The van der Waals surface area contributed by atoms with Crippen molar-refractivity contribution >= 4 is 60.5 Å². The van der Waals surface area contributed by atoms with Gasteiger partial charge >= 0.3 is 30.5 Å². The Morgan fingerprint density at radius 1 is 0.557 bits per heavy atom. The fraction of sp³-hybridized carbons (Fsp3) is 0.533. The molecule has 0 bridgehead atoms. The van der Waals surface area contributed by atoms with Gasteiger partial charge in [0.15, 0.2) is 18.7 Å². The van der Waals surface area contributed by atoms with Crippen LogP contribution in [-0.2, 0) is 98.1 Å². The number of aromatic amines is 1. The van der Waals surface area contributed by atoms with E-state index in [4.69, 9.17) is 98.1 Å². The van der Waals surface area contributed by atoms with Gasteiger partial charge < -0.3 is 81.2 Å². The van der Waals surface area contributed by atoms with Gasteiger partial charge in [0.25, 0.3) is 17.4 Å². The van der Waals surface area contributed by atoms with Crippen LogP contribution in [0, 0.1) is 43.4 Å². The lowest BCUT2D eigenvalue weighted by Gasteiger charge is -2.32. The number of hydrogen-bond acceptors (Lipinski definition) is 29. The minimum atomic E-state index is -4.36. The van der Waals surface area contributed by atoms with E-state index in [1.807, 2.05) is 12.1 Å². The first-order chi connectivity index (χ1) is 46.7. The number of nitriles is 2. The Bertz CT molecular complexity index is 3900. The topological polar surface area (TPSA) is 398 Å². The van der Waals surface area contributed by atoms with Crippen molar-refractivity contribution in [1.82, 2.24) is 28.7 Å². The number of nitrogens with zero attached hydrogens (tertiary/aromatic N) is 7. The van der Waals surface area contributed by atoms with Crippen LogP contribution >= 0.6 is 13.4 Å². The summed E-state index contributed by atoms with van der Waals surface area (Å²) in [4.78, 5) is 91.7. The minimum Gasteiger partial charge on any atom is -0.394 e. The number of benzene rings is 2. The second-order valence-corrected chi connectivity index (χ2v) is 27.6. The van der Waals surface area contributed by atoms with E-state index in [0.717, 1.165) is 13.7 Å². The molecular formula is C60H76N10O23P2S2. The first-order valence-corrected chi connectivity index (χ1v) is 35.4. The van der Waals surface area contributed by atoms with Crippen LogP contribution in [-0.4, -0.2) is 202 Å². The van der Waals surface area contributed by atoms with E-state index >= 15 is 0 Å². The Labute approximate surface area is 566 Å². The quantitative estimate of drug-likeness (QED) is 0.0327. The van der Waals surface area contributed by atoms with E-state index in [1.54, 1.807) is 74.5 Å². The fourth-order valence-electron chi connectivity index (χ4n) is 10.4. The minimum absolute atomic E-state index is 0.0120. The molecule has 0 radical (unpaired) electrons. The molecule has 3 fully saturated rings. The van der Waals surface area contributed by atoms with E-state index < -0.39 is 141 Å². The first-order valence-electron chi connectivity index (χ1n) is 30.3. The van der Waals surface area contributed by atoms with Gasteiger partial charge in [0, 0.05) is 74.8 Å². The van der Waals surface area contributed by atoms with Crippen LogP contribution in [0.25, 0.3) is 0 Å². The van der Waals surface area contributed by atoms with Crippen molar-refractivity contribution in [3.63, 3.8) is 0 Å². The van der Waals surface area contributed by atoms with Gasteiger partial charge in [0.05, 0.1) is 97.7 Å². The van der Waals surface area contributed by atoms with Crippen molar-refractivity contribution < 1.29 is 89.2 Å². The van der Waals surface area contributed by atoms with Gasteiger partial charge in [-0.05, 0) is 68.7 Å². The third-order valence-corrected chi connectivity index (χ3v) is 19.8.